The van der Waals surface area contributed by atoms with Crippen molar-refractivity contribution >= 4 is 11.6 Å². The molecule has 0 aromatic heterocycles. The first-order valence-corrected chi connectivity index (χ1v) is 13.1. The predicted octanol–water partition coefficient (Wildman–Crippen LogP) is 3.86. The van der Waals surface area contributed by atoms with Crippen molar-refractivity contribution in [3.05, 3.63) is 0 Å². The number of hydrogen-bond donors (Lipinski definition) is 1. The molecule has 0 radical (unpaired) electrons. The third kappa shape index (κ3) is 3.36. The highest BCUT2D eigenvalue weighted by atomic mass is 16.5. The van der Waals surface area contributed by atoms with Gasteiger partial charge in [-0.25, -0.2) is 0 Å². The number of ether oxygens (including phenoxy) is 1. The summed E-state index contributed by atoms with van der Waals surface area (Å²) in [5.41, 5.74) is -0.393. The zero-order valence-corrected chi connectivity index (χ0v) is 20.7. The molecule has 5 fully saturated rings. The molecule has 0 aromatic carbocycles. The lowest BCUT2D eigenvalue weighted by Gasteiger charge is -2.62. The Hall–Kier alpha value is -0.780. The number of fused-ring (bicyclic) bond motifs is 5. The molecule has 0 bridgehead atoms. The lowest BCUT2D eigenvalue weighted by atomic mass is 9.43. The molecule has 1 aliphatic heterocycles. The molecule has 0 spiro atoms. The summed E-state index contributed by atoms with van der Waals surface area (Å²) in [7, 11) is 0. The number of carbonyl (C=O) groups is 2. The highest BCUT2D eigenvalue weighted by molar-refractivity contribution is 5.87. The second-order valence-corrected chi connectivity index (χ2v) is 13.1. The van der Waals surface area contributed by atoms with Crippen LogP contribution in [0.4, 0.5) is 0 Å². The van der Waals surface area contributed by atoms with Gasteiger partial charge >= 0.3 is 0 Å². The first-order chi connectivity index (χ1) is 15.0. The Morgan fingerprint density at radius 2 is 1.84 bits per heavy atom. The minimum atomic E-state index is -0.323. The number of aliphatic hydroxyl groups is 1. The lowest BCUT2D eigenvalue weighted by molar-refractivity contribution is -0.177. The van der Waals surface area contributed by atoms with Crippen molar-refractivity contribution in [1.29, 1.82) is 0 Å². The number of carbonyl (C=O) groups excluding carboxylic acids is 2. The number of ketones is 2. The molecule has 32 heavy (non-hydrogen) atoms. The minimum Gasteiger partial charge on any atom is -0.391 e. The average Bonchev–Trinajstić information content (AvgIpc) is 3.03. The van der Waals surface area contributed by atoms with Gasteiger partial charge in [-0.2, -0.15) is 0 Å². The zero-order chi connectivity index (χ0) is 23.1. The van der Waals surface area contributed by atoms with Gasteiger partial charge in [0, 0.05) is 37.4 Å². The van der Waals surface area contributed by atoms with E-state index in [-0.39, 0.29) is 46.2 Å². The molecule has 7 unspecified atom stereocenters. The van der Waals surface area contributed by atoms with Crippen molar-refractivity contribution in [1.82, 2.24) is 4.90 Å². The molecule has 5 nitrogen and oxygen atoms in total. The third-order valence-electron chi connectivity index (χ3n) is 10.8. The van der Waals surface area contributed by atoms with Gasteiger partial charge in [0.15, 0.2) is 0 Å². The number of hydrogen-bond acceptors (Lipinski definition) is 5. The topological polar surface area (TPSA) is 66.8 Å². The number of nitrogens with zero attached hydrogens (tertiary/aromatic N) is 1. The van der Waals surface area contributed by atoms with Gasteiger partial charge in [-0.15, -0.1) is 0 Å². The van der Waals surface area contributed by atoms with Gasteiger partial charge in [-0.05, 0) is 87.9 Å². The quantitative estimate of drug-likeness (QED) is 0.699. The van der Waals surface area contributed by atoms with Crippen LogP contribution in [-0.2, 0) is 14.3 Å². The maximum Gasteiger partial charge on any atom is 0.137 e. The number of aliphatic hydroxyl groups excluding tert-OH is 1. The van der Waals surface area contributed by atoms with Crippen LogP contribution >= 0.6 is 0 Å². The van der Waals surface area contributed by atoms with Crippen molar-refractivity contribution in [2.24, 2.45) is 40.4 Å². The summed E-state index contributed by atoms with van der Waals surface area (Å²) in [5, 5.41) is 11.2. The largest absolute Gasteiger partial charge is 0.391 e. The highest BCUT2D eigenvalue weighted by Gasteiger charge is 2.64. The van der Waals surface area contributed by atoms with E-state index in [4.69, 9.17) is 4.74 Å². The van der Waals surface area contributed by atoms with Crippen LogP contribution in [0.5, 0.6) is 0 Å². The summed E-state index contributed by atoms with van der Waals surface area (Å²) >= 11 is 0. The second-order valence-electron chi connectivity index (χ2n) is 13.1. The molecule has 0 amide bonds. The molecular formula is C27H43NO4. The van der Waals surface area contributed by atoms with Gasteiger partial charge in [0.25, 0.3) is 0 Å². The molecule has 5 heteroatoms. The smallest absolute Gasteiger partial charge is 0.137 e. The fourth-order valence-electron chi connectivity index (χ4n) is 9.47. The number of Topliss-reactive ketones (excluding diaryl/α,β-unsaturated/α-hetero) is 2. The summed E-state index contributed by atoms with van der Waals surface area (Å²) in [6.07, 6.45) is 6.22. The van der Waals surface area contributed by atoms with Crippen LogP contribution in [0.15, 0.2) is 0 Å². The van der Waals surface area contributed by atoms with E-state index in [1.807, 2.05) is 0 Å². The van der Waals surface area contributed by atoms with Gasteiger partial charge in [-0.1, -0.05) is 13.8 Å². The van der Waals surface area contributed by atoms with Crippen LogP contribution in [0.1, 0.15) is 79.6 Å². The maximum atomic E-state index is 13.9. The molecule has 1 heterocycles. The Morgan fingerprint density at radius 1 is 1.09 bits per heavy atom. The second kappa shape index (κ2) is 7.61. The van der Waals surface area contributed by atoms with Crippen LogP contribution in [0, 0.1) is 40.4 Å². The summed E-state index contributed by atoms with van der Waals surface area (Å²) < 4.78 is 5.94. The van der Waals surface area contributed by atoms with E-state index >= 15 is 0 Å². The predicted molar refractivity (Wildman–Crippen MR) is 123 cm³/mol. The molecule has 5 rings (SSSR count). The Kier molecular flexibility index (Phi) is 5.47. The van der Waals surface area contributed by atoms with E-state index in [0.29, 0.717) is 36.6 Å². The van der Waals surface area contributed by atoms with Crippen molar-refractivity contribution in [3.8, 4) is 0 Å². The van der Waals surface area contributed by atoms with Crippen LogP contribution in [0.25, 0.3) is 0 Å². The molecule has 1 N–H and O–H groups in total. The van der Waals surface area contributed by atoms with E-state index < -0.39 is 0 Å². The zero-order valence-electron chi connectivity index (χ0n) is 20.7. The highest BCUT2D eigenvalue weighted by Crippen LogP contribution is 2.66. The van der Waals surface area contributed by atoms with Gasteiger partial charge in [0.2, 0.25) is 0 Å². The Morgan fingerprint density at radius 3 is 2.53 bits per heavy atom. The molecule has 4 aliphatic carbocycles. The van der Waals surface area contributed by atoms with Gasteiger partial charge < -0.3 is 9.84 Å². The Balaban J connectivity index is 1.44. The van der Waals surface area contributed by atoms with Crippen LogP contribution in [0.2, 0.25) is 0 Å². The monoisotopic (exact) mass is 445 g/mol. The first-order valence-electron chi connectivity index (χ1n) is 13.1. The number of morpholine rings is 1. The van der Waals surface area contributed by atoms with E-state index in [9.17, 15) is 14.7 Å². The Labute approximate surface area is 193 Å². The van der Waals surface area contributed by atoms with E-state index in [2.05, 4.69) is 32.6 Å². The molecule has 9 atom stereocenters. The molecule has 0 aromatic rings. The standard InChI is InChI=1S/C27H43NO4/c1-16(29)19-8-9-20-18-7-6-17-12-22(30)21(28-10-11-32-25(2,3)15-28)13-26(17,4)24(18)23(31)14-27(19,20)5/h17-22,24,30H,6-15H2,1-5H3/t17?,18?,19?,20?,21?,22?,24?,26-,27+/m0/s1. The normalized spacial score (nSPS) is 50.9. The van der Waals surface area contributed by atoms with Crippen LogP contribution in [-0.4, -0.2) is 59.0 Å². The van der Waals surface area contributed by atoms with Crippen molar-refractivity contribution in [3.63, 3.8) is 0 Å². The molecule has 5 aliphatic rings. The van der Waals surface area contributed by atoms with Gasteiger partial charge in [0.05, 0.1) is 18.3 Å². The van der Waals surface area contributed by atoms with Gasteiger partial charge in [-0.3, -0.25) is 14.5 Å². The minimum absolute atomic E-state index is 0.0536. The summed E-state index contributed by atoms with van der Waals surface area (Å²) in [5.74, 6) is 2.15. The lowest BCUT2D eigenvalue weighted by Crippen LogP contribution is -2.64. The number of rotatable bonds is 2. The van der Waals surface area contributed by atoms with Gasteiger partial charge in [0.1, 0.15) is 11.6 Å². The van der Waals surface area contributed by atoms with E-state index in [1.54, 1.807) is 6.92 Å². The van der Waals surface area contributed by atoms with E-state index in [1.165, 1.54) is 0 Å². The SMILES string of the molecule is CC(=O)C1CCC2C3CCC4CC(O)C(N5CCOC(C)(C)C5)C[C@]4(C)C3C(=O)C[C@]12C. The fraction of sp³-hybridized carbons (Fsp3) is 0.926. The summed E-state index contributed by atoms with van der Waals surface area (Å²) in [6.45, 7) is 13.0. The molecule has 4 saturated carbocycles. The van der Waals surface area contributed by atoms with Crippen molar-refractivity contribution in [2.45, 2.75) is 97.3 Å². The van der Waals surface area contributed by atoms with Crippen molar-refractivity contribution in [2.75, 3.05) is 19.7 Å². The summed E-state index contributed by atoms with van der Waals surface area (Å²) in [6, 6.07) is 0.104. The third-order valence-corrected chi connectivity index (χ3v) is 10.8. The molecule has 180 valence electrons. The van der Waals surface area contributed by atoms with Crippen LogP contribution in [0.3, 0.4) is 0 Å². The molecule has 1 saturated heterocycles. The molecular weight excluding hydrogens is 402 g/mol. The summed E-state index contributed by atoms with van der Waals surface area (Å²) in [4.78, 5) is 28.7. The Bertz CT molecular complexity index is 795. The fourth-order valence-corrected chi connectivity index (χ4v) is 9.47. The average molecular weight is 446 g/mol. The van der Waals surface area contributed by atoms with E-state index in [0.717, 1.165) is 51.6 Å². The van der Waals surface area contributed by atoms with Crippen molar-refractivity contribution < 1.29 is 19.4 Å². The first kappa shape index (κ1) is 23.0. The van der Waals surface area contributed by atoms with Crippen LogP contribution < -0.4 is 0 Å². The maximum absolute atomic E-state index is 13.9.